The zero-order valence-electron chi connectivity index (χ0n) is 10.0. The first-order valence-corrected chi connectivity index (χ1v) is 6.35. The molecule has 1 heterocycles. The van der Waals surface area contributed by atoms with Gasteiger partial charge < -0.3 is 10.3 Å². The number of halogens is 1. The Morgan fingerprint density at radius 2 is 2.24 bits per heavy atom. The molecule has 0 fully saturated rings. The minimum absolute atomic E-state index is 0.0112. The Labute approximate surface area is 110 Å². The van der Waals surface area contributed by atoms with E-state index in [0.717, 1.165) is 22.3 Å². The Kier molecular flexibility index (Phi) is 3.64. The summed E-state index contributed by atoms with van der Waals surface area (Å²) in [5, 5.41) is 0. The van der Waals surface area contributed by atoms with E-state index in [0.29, 0.717) is 0 Å². The van der Waals surface area contributed by atoms with Crippen LogP contribution in [0.1, 0.15) is 23.0 Å². The van der Waals surface area contributed by atoms with E-state index in [4.69, 9.17) is 5.73 Å². The van der Waals surface area contributed by atoms with Gasteiger partial charge >= 0.3 is 0 Å². The first-order valence-electron chi connectivity index (χ1n) is 5.55. The van der Waals surface area contributed by atoms with Crippen molar-refractivity contribution in [1.82, 2.24) is 9.55 Å². The third kappa shape index (κ3) is 2.76. The van der Waals surface area contributed by atoms with Crippen LogP contribution in [0.5, 0.6) is 0 Å². The first kappa shape index (κ1) is 12.3. The number of aromatic nitrogens is 2. The van der Waals surface area contributed by atoms with Gasteiger partial charge in [-0.25, -0.2) is 4.98 Å². The molecule has 1 atom stereocenters. The van der Waals surface area contributed by atoms with Crippen molar-refractivity contribution >= 4 is 15.9 Å². The van der Waals surface area contributed by atoms with Gasteiger partial charge in [-0.15, -0.1) is 0 Å². The molecule has 0 aliphatic heterocycles. The van der Waals surface area contributed by atoms with E-state index in [2.05, 4.69) is 40.0 Å². The molecule has 0 spiro atoms. The molecule has 90 valence electrons. The van der Waals surface area contributed by atoms with Gasteiger partial charge in [0.05, 0.1) is 0 Å². The maximum Gasteiger partial charge on any atom is 0.110 e. The second kappa shape index (κ2) is 5.02. The molecule has 2 rings (SSSR count). The highest BCUT2D eigenvalue weighted by atomic mass is 79.9. The van der Waals surface area contributed by atoms with Crippen LogP contribution in [-0.4, -0.2) is 9.55 Å². The number of aryl methyl sites for hydroxylation is 2. The highest BCUT2D eigenvalue weighted by Gasteiger charge is 2.10. The third-order valence-electron chi connectivity index (χ3n) is 2.93. The number of hydrogen-bond acceptors (Lipinski definition) is 2. The predicted octanol–water partition coefficient (Wildman–Crippen LogP) is 2.73. The van der Waals surface area contributed by atoms with Crippen molar-refractivity contribution in [3.8, 4) is 0 Å². The van der Waals surface area contributed by atoms with E-state index in [1.54, 1.807) is 6.20 Å². The minimum Gasteiger partial charge on any atom is -0.338 e. The number of rotatable bonds is 3. The molecule has 0 radical (unpaired) electrons. The predicted molar refractivity (Wildman–Crippen MR) is 72.7 cm³/mol. The van der Waals surface area contributed by atoms with Crippen molar-refractivity contribution in [2.24, 2.45) is 12.8 Å². The molecule has 17 heavy (non-hydrogen) atoms. The minimum atomic E-state index is -0.0112. The van der Waals surface area contributed by atoms with Gasteiger partial charge in [0.1, 0.15) is 5.82 Å². The van der Waals surface area contributed by atoms with Gasteiger partial charge in [0.15, 0.2) is 0 Å². The number of benzene rings is 1. The highest BCUT2D eigenvalue weighted by molar-refractivity contribution is 9.10. The summed E-state index contributed by atoms with van der Waals surface area (Å²) in [6.07, 6.45) is 4.49. The van der Waals surface area contributed by atoms with Gasteiger partial charge in [-0.2, -0.15) is 0 Å². The van der Waals surface area contributed by atoms with E-state index in [1.165, 1.54) is 5.56 Å². The van der Waals surface area contributed by atoms with Crippen LogP contribution < -0.4 is 5.73 Å². The van der Waals surface area contributed by atoms with Crippen LogP contribution in [0.25, 0.3) is 0 Å². The summed E-state index contributed by atoms with van der Waals surface area (Å²) >= 11 is 3.49. The van der Waals surface area contributed by atoms with Crippen molar-refractivity contribution in [3.05, 3.63) is 52.0 Å². The maximum atomic E-state index is 6.21. The maximum absolute atomic E-state index is 6.21. The lowest BCUT2D eigenvalue weighted by molar-refractivity contribution is 0.659. The van der Waals surface area contributed by atoms with E-state index < -0.39 is 0 Å². The van der Waals surface area contributed by atoms with Gasteiger partial charge in [-0.1, -0.05) is 28.1 Å². The fourth-order valence-corrected chi connectivity index (χ4v) is 2.05. The largest absolute Gasteiger partial charge is 0.338 e. The van der Waals surface area contributed by atoms with Crippen LogP contribution in [0, 0.1) is 6.92 Å². The molecule has 1 aromatic heterocycles. The summed E-state index contributed by atoms with van der Waals surface area (Å²) in [4.78, 5) is 4.29. The molecule has 0 saturated carbocycles. The summed E-state index contributed by atoms with van der Waals surface area (Å²) in [6, 6.07) is 6.22. The fourth-order valence-electron chi connectivity index (χ4n) is 1.81. The Bertz CT molecular complexity index is 519. The fraction of sp³-hybridized carbons (Fsp3) is 0.308. The van der Waals surface area contributed by atoms with Crippen LogP contribution >= 0.6 is 15.9 Å². The SMILES string of the molecule is Cc1cc(C(N)Cc2nccn2C)ccc1Br. The van der Waals surface area contributed by atoms with Crippen molar-refractivity contribution in [1.29, 1.82) is 0 Å². The standard InChI is InChI=1S/C13H16BrN3/c1-9-7-10(3-4-11(9)14)12(15)8-13-16-5-6-17(13)2/h3-7,12H,8,15H2,1-2H3. The van der Waals surface area contributed by atoms with Crippen LogP contribution in [0.4, 0.5) is 0 Å². The van der Waals surface area contributed by atoms with Crippen LogP contribution in [0.15, 0.2) is 35.1 Å². The second-order valence-corrected chi connectivity index (χ2v) is 5.13. The van der Waals surface area contributed by atoms with Gasteiger partial charge in [-0.05, 0) is 24.1 Å². The average Bonchev–Trinajstić information content (AvgIpc) is 2.68. The Morgan fingerprint density at radius 1 is 1.47 bits per heavy atom. The second-order valence-electron chi connectivity index (χ2n) is 4.27. The first-order chi connectivity index (χ1) is 8.08. The van der Waals surface area contributed by atoms with Crippen LogP contribution in [0.3, 0.4) is 0 Å². The summed E-state index contributed by atoms with van der Waals surface area (Å²) < 4.78 is 3.12. The molecule has 1 aromatic carbocycles. The lowest BCUT2D eigenvalue weighted by Gasteiger charge is -2.13. The topological polar surface area (TPSA) is 43.8 Å². The number of hydrogen-bond donors (Lipinski definition) is 1. The molecule has 0 amide bonds. The van der Waals surface area contributed by atoms with Gasteiger partial charge in [0.2, 0.25) is 0 Å². The highest BCUT2D eigenvalue weighted by Crippen LogP contribution is 2.21. The Balaban J connectivity index is 2.17. The van der Waals surface area contributed by atoms with Crippen molar-refractivity contribution in [2.45, 2.75) is 19.4 Å². The van der Waals surface area contributed by atoms with E-state index >= 15 is 0 Å². The lowest BCUT2D eigenvalue weighted by Crippen LogP contribution is -2.15. The molecule has 2 N–H and O–H groups in total. The van der Waals surface area contributed by atoms with Gasteiger partial charge in [0, 0.05) is 36.4 Å². The zero-order chi connectivity index (χ0) is 12.4. The van der Waals surface area contributed by atoms with Crippen LogP contribution in [0.2, 0.25) is 0 Å². The molecule has 0 aliphatic carbocycles. The van der Waals surface area contributed by atoms with E-state index in [9.17, 15) is 0 Å². The smallest absolute Gasteiger partial charge is 0.110 e. The summed E-state index contributed by atoms with van der Waals surface area (Å²) in [5.41, 5.74) is 8.56. The summed E-state index contributed by atoms with van der Waals surface area (Å²) in [6.45, 7) is 2.07. The number of nitrogens with zero attached hydrogens (tertiary/aromatic N) is 2. The van der Waals surface area contributed by atoms with E-state index in [1.807, 2.05) is 23.9 Å². The van der Waals surface area contributed by atoms with Gasteiger partial charge in [-0.3, -0.25) is 0 Å². The monoisotopic (exact) mass is 293 g/mol. The molecule has 3 nitrogen and oxygen atoms in total. The van der Waals surface area contributed by atoms with Crippen LogP contribution in [-0.2, 0) is 13.5 Å². The van der Waals surface area contributed by atoms with Gasteiger partial charge in [0.25, 0.3) is 0 Å². The normalized spacial score (nSPS) is 12.7. The van der Waals surface area contributed by atoms with Crippen molar-refractivity contribution < 1.29 is 0 Å². The van der Waals surface area contributed by atoms with E-state index in [-0.39, 0.29) is 6.04 Å². The quantitative estimate of drug-likeness (QED) is 0.946. The lowest BCUT2D eigenvalue weighted by atomic mass is 10.0. The number of imidazole rings is 1. The molecule has 0 aliphatic rings. The summed E-state index contributed by atoms with van der Waals surface area (Å²) in [5.74, 6) is 1.01. The zero-order valence-corrected chi connectivity index (χ0v) is 11.6. The Hall–Kier alpha value is -1.13. The van der Waals surface area contributed by atoms with Crippen molar-refractivity contribution in [3.63, 3.8) is 0 Å². The molecular weight excluding hydrogens is 278 g/mol. The molecule has 0 bridgehead atoms. The molecule has 1 unspecified atom stereocenters. The van der Waals surface area contributed by atoms with Crippen molar-refractivity contribution in [2.75, 3.05) is 0 Å². The Morgan fingerprint density at radius 3 is 2.82 bits per heavy atom. The molecular formula is C13H16BrN3. The average molecular weight is 294 g/mol. The molecule has 4 heteroatoms. The third-order valence-corrected chi connectivity index (χ3v) is 3.82. The summed E-state index contributed by atoms with van der Waals surface area (Å²) in [7, 11) is 1.99. The number of nitrogens with two attached hydrogens (primary N) is 1. The molecule has 2 aromatic rings. The molecule has 0 saturated heterocycles.